The molecule has 0 aromatic carbocycles. The van der Waals surface area contributed by atoms with Gasteiger partial charge in [-0.2, -0.15) is 0 Å². The fraction of sp³-hybridized carbons (Fsp3) is 0.875. The highest BCUT2D eigenvalue weighted by molar-refractivity contribution is 5.68. The largest absolute Gasteiger partial charge is 0.411 e. The van der Waals surface area contributed by atoms with Crippen LogP contribution in [0, 0.1) is 0 Å². The van der Waals surface area contributed by atoms with Crippen LogP contribution in [0.1, 0.15) is 32.1 Å². The van der Waals surface area contributed by atoms with Crippen molar-refractivity contribution in [1.29, 1.82) is 0 Å². The van der Waals surface area contributed by atoms with Crippen molar-refractivity contribution in [3.63, 3.8) is 0 Å². The summed E-state index contributed by atoms with van der Waals surface area (Å²) < 4.78 is 5.31. The maximum absolute atomic E-state index is 8.40. The summed E-state index contributed by atoms with van der Waals surface area (Å²) in [6.45, 7) is 0. The topological polar surface area (TPSA) is 41.8 Å². The smallest absolute Gasteiger partial charge is 0.106 e. The first kappa shape index (κ1) is 8.53. The minimum Gasteiger partial charge on any atom is -0.411 e. The Balaban J connectivity index is 2.56. The molecule has 1 aliphatic rings. The Bertz CT molecular complexity index is 139. The summed E-state index contributed by atoms with van der Waals surface area (Å²) in [5, 5.41) is 11.5. The Morgan fingerprint density at radius 3 is 2.45 bits per heavy atom. The van der Waals surface area contributed by atoms with Gasteiger partial charge >= 0.3 is 0 Å². The van der Waals surface area contributed by atoms with Crippen molar-refractivity contribution < 1.29 is 9.94 Å². The standard InChI is InChI=1S/C8H15NO2/c1-11-8(7-9-10)5-3-2-4-6-8/h7,10H,2-6H2,1H3/b9-7+. The maximum atomic E-state index is 8.40. The van der Waals surface area contributed by atoms with Crippen molar-refractivity contribution in [2.24, 2.45) is 5.16 Å². The molecule has 0 aromatic rings. The van der Waals surface area contributed by atoms with E-state index in [1.165, 1.54) is 25.5 Å². The SMILES string of the molecule is COC1(/C=N/O)CCCCC1. The first-order valence-corrected chi connectivity index (χ1v) is 4.07. The maximum Gasteiger partial charge on any atom is 0.106 e. The Morgan fingerprint density at radius 2 is 2.00 bits per heavy atom. The second kappa shape index (κ2) is 3.72. The second-order valence-corrected chi connectivity index (χ2v) is 3.07. The summed E-state index contributed by atoms with van der Waals surface area (Å²) in [6, 6.07) is 0. The summed E-state index contributed by atoms with van der Waals surface area (Å²) in [7, 11) is 1.67. The number of methoxy groups -OCH3 is 1. The predicted octanol–water partition coefficient (Wildman–Crippen LogP) is 1.80. The van der Waals surface area contributed by atoms with Crippen molar-refractivity contribution in [3.8, 4) is 0 Å². The van der Waals surface area contributed by atoms with Gasteiger partial charge in [-0.15, -0.1) is 0 Å². The Morgan fingerprint density at radius 1 is 1.36 bits per heavy atom. The van der Waals surface area contributed by atoms with Crippen LogP contribution in [0.3, 0.4) is 0 Å². The number of rotatable bonds is 2. The molecular formula is C8H15NO2. The molecule has 0 radical (unpaired) electrons. The summed E-state index contributed by atoms with van der Waals surface area (Å²) in [5.41, 5.74) is -0.271. The van der Waals surface area contributed by atoms with Crippen LogP contribution in [0.25, 0.3) is 0 Å². The van der Waals surface area contributed by atoms with E-state index in [2.05, 4.69) is 5.16 Å². The molecule has 3 heteroatoms. The van der Waals surface area contributed by atoms with E-state index in [9.17, 15) is 0 Å². The first-order chi connectivity index (χ1) is 5.33. The molecule has 0 atom stereocenters. The third-order valence-corrected chi connectivity index (χ3v) is 2.40. The lowest BCUT2D eigenvalue weighted by Gasteiger charge is -2.31. The molecule has 11 heavy (non-hydrogen) atoms. The second-order valence-electron chi connectivity index (χ2n) is 3.07. The molecule has 0 heterocycles. The summed E-state index contributed by atoms with van der Waals surface area (Å²) in [5.74, 6) is 0. The third-order valence-electron chi connectivity index (χ3n) is 2.40. The monoisotopic (exact) mass is 157 g/mol. The van der Waals surface area contributed by atoms with Gasteiger partial charge in [0, 0.05) is 7.11 Å². The van der Waals surface area contributed by atoms with Crippen LogP contribution in [0.2, 0.25) is 0 Å². The van der Waals surface area contributed by atoms with Crippen molar-refractivity contribution in [1.82, 2.24) is 0 Å². The lowest BCUT2D eigenvalue weighted by atomic mass is 9.86. The molecule has 1 saturated carbocycles. The van der Waals surface area contributed by atoms with E-state index in [4.69, 9.17) is 9.94 Å². The molecule has 0 bridgehead atoms. The van der Waals surface area contributed by atoms with Gasteiger partial charge in [0.25, 0.3) is 0 Å². The van der Waals surface area contributed by atoms with Crippen LogP contribution in [0.4, 0.5) is 0 Å². The molecule has 3 nitrogen and oxygen atoms in total. The van der Waals surface area contributed by atoms with Crippen LogP contribution < -0.4 is 0 Å². The van der Waals surface area contributed by atoms with Crippen LogP contribution in [0.5, 0.6) is 0 Å². The number of hydrogen-bond acceptors (Lipinski definition) is 3. The highest BCUT2D eigenvalue weighted by Gasteiger charge is 2.29. The first-order valence-electron chi connectivity index (χ1n) is 4.07. The summed E-state index contributed by atoms with van der Waals surface area (Å²) in [4.78, 5) is 0. The molecule has 0 unspecified atom stereocenters. The number of ether oxygens (including phenoxy) is 1. The quantitative estimate of drug-likeness (QED) is 0.377. The Labute approximate surface area is 67.0 Å². The van der Waals surface area contributed by atoms with Crippen LogP contribution >= 0.6 is 0 Å². The van der Waals surface area contributed by atoms with Gasteiger partial charge in [-0.25, -0.2) is 0 Å². The van der Waals surface area contributed by atoms with E-state index in [1.807, 2.05) is 0 Å². The van der Waals surface area contributed by atoms with Gasteiger partial charge in [0.2, 0.25) is 0 Å². The highest BCUT2D eigenvalue weighted by Crippen LogP contribution is 2.29. The van der Waals surface area contributed by atoms with Gasteiger partial charge in [0.1, 0.15) is 5.60 Å². The van der Waals surface area contributed by atoms with Gasteiger partial charge in [-0.05, 0) is 12.8 Å². The van der Waals surface area contributed by atoms with Gasteiger partial charge in [0.05, 0.1) is 6.21 Å². The van der Waals surface area contributed by atoms with E-state index in [0.29, 0.717) is 0 Å². The van der Waals surface area contributed by atoms with Crippen LogP contribution in [-0.2, 0) is 4.74 Å². The predicted molar refractivity (Wildman–Crippen MR) is 43.1 cm³/mol. The van der Waals surface area contributed by atoms with Crippen molar-refractivity contribution in [2.45, 2.75) is 37.7 Å². The average molecular weight is 157 g/mol. The van der Waals surface area contributed by atoms with Crippen LogP contribution in [-0.4, -0.2) is 24.1 Å². The fourth-order valence-corrected chi connectivity index (χ4v) is 1.64. The van der Waals surface area contributed by atoms with Gasteiger partial charge in [-0.3, -0.25) is 0 Å². The third kappa shape index (κ3) is 1.93. The number of nitrogens with zero attached hydrogens (tertiary/aromatic N) is 1. The van der Waals surface area contributed by atoms with Crippen molar-refractivity contribution in [3.05, 3.63) is 0 Å². The molecular weight excluding hydrogens is 142 g/mol. The van der Waals surface area contributed by atoms with E-state index in [1.54, 1.807) is 7.11 Å². The normalized spacial score (nSPS) is 24.1. The lowest BCUT2D eigenvalue weighted by molar-refractivity contribution is 0.0213. The Hall–Kier alpha value is -0.570. The van der Waals surface area contributed by atoms with Crippen molar-refractivity contribution in [2.75, 3.05) is 7.11 Å². The van der Waals surface area contributed by atoms with E-state index in [0.717, 1.165) is 12.8 Å². The number of hydrogen-bond donors (Lipinski definition) is 1. The minimum atomic E-state index is -0.271. The Kier molecular flexibility index (Phi) is 2.88. The van der Waals surface area contributed by atoms with Gasteiger partial charge < -0.3 is 9.94 Å². The molecule has 0 saturated heterocycles. The molecule has 1 N–H and O–H groups in total. The van der Waals surface area contributed by atoms with E-state index in [-0.39, 0.29) is 5.60 Å². The molecule has 64 valence electrons. The van der Waals surface area contributed by atoms with E-state index >= 15 is 0 Å². The molecule has 0 aliphatic heterocycles. The average Bonchev–Trinajstić information content (AvgIpc) is 2.07. The minimum absolute atomic E-state index is 0.271. The fourth-order valence-electron chi connectivity index (χ4n) is 1.64. The summed E-state index contributed by atoms with van der Waals surface area (Å²) in [6.07, 6.45) is 7.08. The van der Waals surface area contributed by atoms with Crippen molar-refractivity contribution >= 4 is 6.21 Å². The van der Waals surface area contributed by atoms with E-state index < -0.39 is 0 Å². The number of oxime groups is 1. The molecule has 1 aliphatic carbocycles. The van der Waals surface area contributed by atoms with Gasteiger partial charge in [0.15, 0.2) is 0 Å². The van der Waals surface area contributed by atoms with Crippen LogP contribution in [0.15, 0.2) is 5.16 Å². The zero-order valence-corrected chi connectivity index (χ0v) is 6.92. The zero-order valence-electron chi connectivity index (χ0n) is 6.92. The lowest BCUT2D eigenvalue weighted by Crippen LogP contribution is -2.35. The summed E-state index contributed by atoms with van der Waals surface area (Å²) >= 11 is 0. The molecule has 1 fully saturated rings. The molecule has 1 rings (SSSR count). The molecule has 0 amide bonds. The zero-order chi connectivity index (χ0) is 8.16. The highest BCUT2D eigenvalue weighted by atomic mass is 16.5. The van der Waals surface area contributed by atoms with Gasteiger partial charge in [-0.1, -0.05) is 24.4 Å². The molecule has 0 spiro atoms. The molecule has 0 aromatic heterocycles.